The van der Waals surface area contributed by atoms with E-state index in [9.17, 15) is 9.59 Å². The average molecular weight is 505 g/mol. The predicted molar refractivity (Wildman–Crippen MR) is 140 cm³/mol. The van der Waals surface area contributed by atoms with Crippen molar-refractivity contribution >= 4 is 17.5 Å². The number of hydrogen-bond donors (Lipinski definition) is 0. The SMILES string of the molecule is O=C(CCCc1nc(-c2ccco2)no1)N1CCCCCCCCN(C(=O)C2CC2)c2ccccc2C1. The lowest BCUT2D eigenvalue weighted by Crippen LogP contribution is -2.36. The summed E-state index contributed by atoms with van der Waals surface area (Å²) in [6, 6.07) is 11.7. The Hall–Kier alpha value is -3.42. The number of aryl methyl sites for hydroxylation is 1. The third-order valence-electron chi connectivity index (χ3n) is 7.24. The van der Waals surface area contributed by atoms with E-state index in [2.05, 4.69) is 16.2 Å². The van der Waals surface area contributed by atoms with Gasteiger partial charge in [-0.05, 0) is 55.9 Å². The molecular weight excluding hydrogens is 468 g/mol. The summed E-state index contributed by atoms with van der Waals surface area (Å²) in [5.41, 5.74) is 2.01. The van der Waals surface area contributed by atoms with E-state index in [0.717, 1.165) is 62.9 Å². The minimum absolute atomic E-state index is 0.121. The summed E-state index contributed by atoms with van der Waals surface area (Å²) in [5.74, 6) is 2.02. The molecule has 0 saturated heterocycles. The highest BCUT2D eigenvalue weighted by Crippen LogP contribution is 2.34. The number of aromatic nitrogens is 2. The van der Waals surface area contributed by atoms with Crippen molar-refractivity contribution in [1.29, 1.82) is 0 Å². The number of hydrogen-bond acceptors (Lipinski definition) is 6. The van der Waals surface area contributed by atoms with Crippen LogP contribution in [0.4, 0.5) is 5.69 Å². The van der Waals surface area contributed by atoms with Gasteiger partial charge in [-0.1, -0.05) is 49.0 Å². The van der Waals surface area contributed by atoms with Crippen LogP contribution in [0.25, 0.3) is 11.6 Å². The maximum absolute atomic E-state index is 13.4. The van der Waals surface area contributed by atoms with Crippen molar-refractivity contribution in [3.63, 3.8) is 0 Å². The number of amides is 2. The molecule has 2 amide bonds. The molecule has 3 aromatic rings. The van der Waals surface area contributed by atoms with Crippen LogP contribution in [0.1, 0.15) is 75.7 Å². The Labute approximate surface area is 218 Å². The number of rotatable bonds is 6. The molecule has 8 heteroatoms. The Morgan fingerprint density at radius 2 is 1.73 bits per heavy atom. The third kappa shape index (κ3) is 6.67. The second-order valence-electron chi connectivity index (χ2n) is 10.2. The number of furan rings is 1. The molecule has 0 radical (unpaired) electrons. The summed E-state index contributed by atoms with van der Waals surface area (Å²) in [7, 11) is 0. The monoisotopic (exact) mass is 504 g/mol. The fraction of sp³-hybridized carbons (Fsp3) is 0.517. The molecule has 0 atom stereocenters. The summed E-state index contributed by atoms with van der Waals surface area (Å²) in [6.07, 6.45) is 11.7. The lowest BCUT2D eigenvalue weighted by Gasteiger charge is -2.28. The van der Waals surface area contributed by atoms with Crippen molar-refractivity contribution in [1.82, 2.24) is 15.0 Å². The van der Waals surface area contributed by atoms with Gasteiger partial charge in [0, 0.05) is 44.1 Å². The van der Waals surface area contributed by atoms with Crippen LogP contribution in [0, 0.1) is 5.92 Å². The van der Waals surface area contributed by atoms with Crippen LogP contribution in [0.2, 0.25) is 0 Å². The average Bonchev–Trinajstić information content (AvgIpc) is 3.40. The molecule has 1 aliphatic carbocycles. The fourth-order valence-electron chi connectivity index (χ4n) is 5.00. The molecule has 1 saturated carbocycles. The van der Waals surface area contributed by atoms with E-state index in [1.807, 2.05) is 28.0 Å². The second kappa shape index (κ2) is 12.2. The van der Waals surface area contributed by atoms with Crippen LogP contribution in [-0.4, -0.2) is 39.9 Å². The smallest absolute Gasteiger partial charge is 0.238 e. The van der Waals surface area contributed by atoms with Crippen LogP contribution in [0.3, 0.4) is 0 Å². The van der Waals surface area contributed by atoms with Crippen LogP contribution in [0.15, 0.2) is 51.6 Å². The first kappa shape index (κ1) is 25.2. The molecule has 0 spiro atoms. The standard InChI is InChI=1S/C29H36N4O4/c34-27(15-9-14-26-30-28(31-37-26)25-13-10-20-36-25)32-18-7-3-1-2-4-8-19-33(29(35)22-16-17-22)24-12-6-5-11-23(24)21-32/h5-6,10-13,20,22H,1-4,7-9,14-19,21H2. The van der Waals surface area contributed by atoms with Crippen LogP contribution < -0.4 is 4.90 Å². The first-order chi connectivity index (χ1) is 18.2. The summed E-state index contributed by atoms with van der Waals surface area (Å²) in [5, 5.41) is 3.97. The lowest BCUT2D eigenvalue weighted by atomic mass is 10.1. The molecule has 196 valence electrons. The third-order valence-corrected chi connectivity index (χ3v) is 7.24. The van der Waals surface area contributed by atoms with Crippen molar-refractivity contribution in [2.24, 2.45) is 5.92 Å². The normalized spacial score (nSPS) is 17.4. The zero-order valence-corrected chi connectivity index (χ0v) is 21.4. The first-order valence-electron chi connectivity index (χ1n) is 13.7. The summed E-state index contributed by atoms with van der Waals surface area (Å²) in [6.45, 7) is 2.00. The minimum atomic E-state index is 0.121. The van der Waals surface area contributed by atoms with Crippen molar-refractivity contribution in [2.45, 2.75) is 77.2 Å². The number of benzene rings is 1. The predicted octanol–water partition coefficient (Wildman–Crippen LogP) is 5.78. The van der Waals surface area contributed by atoms with E-state index >= 15 is 0 Å². The molecule has 0 unspecified atom stereocenters. The van der Waals surface area contributed by atoms with Crippen LogP contribution >= 0.6 is 0 Å². The number of fused-ring (bicyclic) bond motifs is 1. The highest BCUT2D eigenvalue weighted by Gasteiger charge is 2.34. The van der Waals surface area contributed by atoms with Gasteiger partial charge in [0.05, 0.1) is 6.26 Å². The van der Waals surface area contributed by atoms with Crippen LogP contribution in [0.5, 0.6) is 0 Å². The van der Waals surface area contributed by atoms with Gasteiger partial charge >= 0.3 is 0 Å². The lowest BCUT2D eigenvalue weighted by molar-refractivity contribution is -0.132. The molecule has 3 heterocycles. The van der Waals surface area contributed by atoms with Crippen molar-refractivity contribution in [3.05, 3.63) is 54.1 Å². The number of carbonyl (C=O) groups is 2. The molecule has 5 rings (SSSR count). The highest BCUT2D eigenvalue weighted by atomic mass is 16.5. The molecule has 1 aliphatic heterocycles. The minimum Gasteiger partial charge on any atom is -0.461 e. The van der Waals surface area contributed by atoms with E-state index in [0.29, 0.717) is 43.3 Å². The van der Waals surface area contributed by atoms with Gasteiger partial charge in [-0.2, -0.15) is 4.98 Å². The number of carbonyl (C=O) groups excluding carboxylic acids is 2. The fourth-order valence-corrected chi connectivity index (χ4v) is 5.00. The van der Waals surface area contributed by atoms with Gasteiger partial charge in [0.1, 0.15) is 0 Å². The van der Waals surface area contributed by atoms with Gasteiger partial charge < -0.3 is 18.7 Å². The van der Waals surface area contributed by atoms with Crippen molar-refractivity contribution < 1.29 is 18.5 Å². The van der Waals surface area contributed by atoms with E-state index in [1.165, 1.54) is 12.8 Å². The number of nitrogens with zero attached hydrogens (tertiary/aromatic N) is 4. The van der Waals surface area contributed by atoms with Gasteiger partial charge in [-0.15, -0.1) is 0 Å². The Morgan fingerprint density at radius 1 is 0.946 bits per heavy atom. The molecule has 1 aromatic carbocycles. The maximum Gasteiger partial charge on any atom is 0.238 e. The van der Waals surface area contributed by atoms with Gasteiger partial charge in [0.25, 0.3) is 0 Å². The Morgan fingerprint density at radius 3 is 2.51 bits per heavy atom. The molecule has 2 aromatic heterocycles. The van der Waals surface area contributed by atoms with E-state index in [1.54, 1.807) is 18.4 Å². The Kier molecular flexibility index (Phi) is 8.33. The molecule has 37 heavy (non-hydrogen) atoms. The second-order valence-corrected chi connectivity index (χ2v) is 10.2. The zero-order chi connectivity index (χ0) is 25.5. The van der Waals surface area contributed by atoms with Gasteiger partial charge in [-0.25, -0.2) is 0 Å². The van der Waals surface area contributed by atoms with E-state index in [4.69, 9.17) is 8.94 Å². The van der Waals surface area contributed by atoms with Crippen molar-refractivity contribution in [2.75, 3.05) is 18.0 Å². The summed E-state index contributed by atoms with van der Waals surface area (Å²) in [4.78, 5) is 34.9. The molecule has 0 bridgehead atoms. The first-order valence-corrected chi connectivity index (χ1v) is 13.7. The quantitative estimate of drug-likeness (QED) is 0.423. The summed E-state index contributed by atoms with van der Waals surface area (Å²) < 4.78 is 10.7. The number of para-hydroxylation sites is 1. The van der Waals surface area contributed by atoms with Gasteiger partial charge in [-0.3, -0.25) is 9.59 Å². The Balaban J connectivity index is 1.26. The zero-order valence-electron chi connectivity index (χ0n) is 21.4. The molecule has 8 nitrogen and oxygen atoms in total. The van der Waals surface area contributed by atoms with Crippen LogP contribution in [-0.2, 0) is 22.6 Å². The highest BCUT2D eigenvalue weighted by molar-refractivity contribution is 5.97. The number of anilines is 1. The van der Waals surface area contributed by atoms with Crippen molar-refractivity contribution in [3.8, 4) is 11.6 Å². The molecular formula is C29H36N4O4. The largest absolute Gasteiger partial charge is 0.461 e. The molecule has 2 aliphatic rings. The molecule has 0 N–H and O–H groups in total. The van der Waals surface area contributed by atoms with E-state index in [-0.39, 0.29) is 17.7 Å². The topological polar surface area (TPSA) is 92.7 Å². The molecule has 1 fully saturated rings. The Bertz CT molecular complexity index is 1170. The van der Waals surface area contributed by atoms with Gasteiger partial charge in [0.15, 0.2) is 5.76 Å². The van der Waals surface area contributed by atoms with Gasteiger partial charge in [0.2, 0.25) is 23.5 Å². The maximum atomic E-state index is 13.4. The summed E-state index contributed by atoms with van der Waals surface area (Å²) >= 11 is 0. The van der Waals surface area contributed by atoms with E-state index < -0.39 is 0 Å².